The molecular formula is C12H12O7S. The molecule has 0 bridgehead atoms. The van der Waals surface area contributed by atoms with Gasteiger partial charge in [-0.05, 0) is 5.56 Å². The van der Waals surface area contributed by atoms with E-state index in [1.54, 1.807) is 0 Å². The molecule has 0 spiro atoms. The van der Waals surface area contributed by atoms with E-state index in [0.29, 0.717) is 0 Å². The molecule has 0 aliphatic carbocycles. The second-order valence-corrected chi connectivity index (χ2v) is 5.44. The van der Waals surface area contributed by atoms with E-state index in [2.05, 4.69) is 11.3 Å². The van der Waals surface area contributed by atoms with Crippen molar-refractivity contribution in [2.75, 3.05) is 0 Å². The van der Waals surface area contributed by atoms with Gasteiger partial charge in [0.1, 0.15) is 6.42 Å². The van der Waals surface area contributed by atoms with Crippen molar-refractivity contribution in [2.45, 2.75) is 11.4 Å². The summed E-state index contributed by atoms with van der Waals surface area (Å²) in [6.45, 7) is 3.63. The molecular weight excluding hydrogens is 288 g/mol. The number of hydrogen-bond donors (Lipinski definition) is 2. The lowest BCUT2D eigenvalue weighted by atomic mass is 10.2. The first-order valence-corrected chi connectivity index (χ1v) is 6.76. The van der Waals surface area contributed by atoms with Crippen molar-refractivity contribution >= 4 is 28.1 Å². The highest BCUT2D eigenvalue weighted by Crippen LogP contribution is 2.26. The Bertz CT molecular complexity index is 620. The number of ether oxygens (including phenoxy) is 1. The second kappa shape index (κ2) is 5.95. The molecule has 1 heterocycles. The summed E-state index contributed by atoms with van der Waals surface area (Å²) in [6.07, 6.45) is 0.755. The minimum atomic E-state index is -5.02. The molecule has 0 amide bonds. The number of esters is 2. The van der Waals surface area contributed by atoms with Crippen molar-refractivity contribution in [3.63, 3.8) is 0 Å². The molecule has 1 atom stereocenters. The standard InChI is InChI=1S/C8H8.C4H4O7S/c1-2-8-6-4-3-5-7-8;5-2-1-4(7,3(6)11-2)12(8,9)10/h2-7H,1H2;7H,1H2,(H,8,9,10). The fraction of sp³-hybridized carbons (Fsp3) is 0.167. The molecule has 7 nitrogen and oxygen atoms in total. The largest absolute Gasteiger partial charge is 0.390 e. The number of aliphatic hydroxyl groups is 1. The molecule has 0 radical (unpaired) electrons. The van der Waals surface area contributed by atoms with Gasteiger partial charge in [0.05, 0.1) is 0 Å². The van der Waals surface area contributed by atoms with Crippen molar-refractivity contribution in [3.8, 4) is 0 Å². The average Bonchev–Trinajstić information content (AvgIpc) is 2.65. The molecule has 0 aromatic heterocycles. The maximum Gasteiger partial charge on any atom is 0.365 e. The van der Waals surface area contributed by atoms with Gasteiger partial charge in [0, 0.05) is 0 Å². The van der Waals surface area contributed by atoms with Crippen LogP contribution in [0.25, 0.3) is 6.08 Å². The monoisotopic (exact) mass is 300 g/mol. The zero-order chi connectivity index (χ0) is 15.4. The normalized spacial score (nSPS) is 21.7. The highest BCUT2D eigenvalue weighted by Gasteiger charge is 2.58. The maximum atomic E-state index is 10.5. The van der Waals surface area contributed by atoms with Crippen LogP contribution in [0.3, 0.4) is 0 Å². The van der Waals surface area contributed by atoms with Gasteiger partial charge in [-0.3, -0.25) is 9.35 Å². The van der Waals surface area contributed by atoms with Crippen LogP contribution in [-0.2, 0) is 24.4 Å². The zero-order valence-corrected chi connectivity index (χ0v) is 11.0. The summed E-state index contributed by atoms with van der Waals surface area (Å²) in [5.41, 5.74) is 1.17. The Hall–Kier alpha value is -2.03. The van der Waals surface area contributed by atoms with Gasteiger partial charge in [0.25, 0.3) is 0 Å². The summed E-state index contributed by atoms with van der Waals surface area (Å²) < 4.78 is 32.8. The van der Waals surface area contributed by atoms with Crippen LogP contribution < -0.4 is 0 Å². The van der Waals surface area contributed by atoms with Crippen LogP contribution in [0.2, 0.25) is 0 Å². The van der Waals surface area contributed by atoms with Crippen LogP contribution in [0.4, 0.5) is 0 Å². The van der Waals surface area contributed by atoms with Crippen LogP contribution in [0.5, 0.6) is 0 Å². The highest BCUT2D eigenvalue weighted by molar-refractivity contribution is 7.88. The van der Waals surface area contributed by atoms with Gasteiger partial charge in [0.2, 0.25) is 0 Å². The molecule has 2 rings (SSSR count). The van der Waals surface area contributed by atoms with Crippen LogP contribution in [0.1, 0.15) is 12.0 Å². The van der Waals surface area contributed by atoms with E-state index >= 15 is 0 Å². The van der Waals surface area contributed by atoms with Gasteiger partial charge < -0.3 is 9.84 Å². The summed E-state index contributed by atoms with van der Waals surface area (Å²) in [5.74, 6) is -2.87. The van der Waals surface area contributed by atoms with Crippen molar-refractivity contribution in [3.05, 3.63) is 42.5 Å². The van der Waals surface area contributed by atoms with E-state index < -0.39 is 33.4 Å². The van der Waals surface area contributed by atoms with E-state index in [-0.39, 0.29) is 0 Å². The average molecular weight is 300 g/mol. The molecule has 20 heavy (non-hydrogen) atoms. The van der Waals surface area contributed by atoms with Gasteiger partial charge in [-0.15, -0.1) is 0 Å². The third kappa shape index (κ3) is 3.50. The van der Waals surface area contributed by atoms with Gasteiger partial charge >= 0.3 is 27.0 Å². The number of benzene rings is 1. The van der Waals surface area contributed by atoms with Crippen molar-refractivity contribution in [1.82, 2.24) is 0 Å². The Morgan fingerprint density at radius 3 is 2.05 bits per heavy atom. The van der Waals surface area contributed by atoms with Crippen LogP contribution in [-0.4, -0.2) is 34.9 Å². The van der Waals surface area contributed by atoms with Gasteiger partial charge in [-0.25, -0.2) is 4.79 Å². The van der Waals surface area contributed by atoms with Crippen LogP contribution in [0.15, 0.2) is 36.9 Å². The summed E-state index contributed by atoms with van der Waals surface area (Å²) >= 11 is 0. The lowest BCUT2D eigenvalue weighted by molar-refractivity contribution is -0.155. The van der Waals surface area contributed by atoms with Crippen LogP contribution in [0, 0.1) is 0 Å². The molecule has 2 N–H and O–H groups in total. The van der Waals surface area contributed by atoms with Crippen molar-refractivity contribution in [1.29, 1.82) is 0 Å². The summed E-state index contributed by atoms with van der Waals surface area (Å²) in [5, 5.41) is 8.93. The third-order valence-electron chi connectivity index (χ3n) is 2.37. The topological polar surface area (TPSA) is 118 Å². The Morgan fingerprint density at radius 2 is 1.80 bits per heavy atom. The van der Waals surface area contributed by atoms with Crippen molar-refractivity contribution in [2.24, 2.45) is 0 Å². The minimum absolute atomic E-state index is 1.08. The molecule has 1 unspecified atom stereocenters. The first-order chi connectivity index (χ1) is 9.20. The molecule has 1 aliphatic rings. The number of carbonyl (C=O) groups excluding carboxylic acids is 2. The van der Waals surface area contributed by atoms with Crippen LogP contribution >= 0.6 is 0 Å². The SMILES string of the molecule is C=Cc1ccccc1.O=C1CC(O)(S(=O)(=O)O)C(=O)O1. The summed E-state index contributed by atoms with van der Waals surface area (Å²) in [6, 6.07) is 10.0. The summed E-state index contributed by atoms with van der Waals surface area (Å²) in [4.78, 5) is 17.7. The highest BCUT2D eigenvalue weighted by atomic mass is 32.2. The van der Waals surface area contributed by atoms with E-state index in [9.17, 15) is 18.0 Å². The molecule has 8 heteroatoms. The van der Waals surface area contributed by atoms with E-state index in [0.717, 1.165) is 0 Å². The lowest BCUT2D eigenvalue weighted by Crippen LogP contribution is -2.42. The molecule has 1 aromatic rings. The Kier molecular flexibility index (Phi) is 4.77. The fourth-order valence-corrected chi connectivity index (χ4v) is 1.83. The van der Waals surface area contributed by atoms with Gasteiger partial charge in [-0.1, -0.05) is 43.0 Å². The van der Waals surface area contributed by atoms with E-state index in [1.807, 2.05) is 36.4 Å². The Morgan fingerprint density at radius 1 is 1.25 bits per heavy atom. The first kappa shape index (κ1) is 16.0. The number of carbonyl (C=O) groups is 2. The number of hydrogen-bond acceptors (Lipinski definition) is 6. The third-order valence-corrected chi connectivity index (χ3v) is 3.54. The number of rotatable bonds is 2. The Balaban J connectivity index is 0.000000217. The van der Waals surface area contributed by atoms with E-state index in [4.69, 9.17) is 9.66 Å². The fourth-order valence-electron chi connectivity index (χ4n) is 1.27. The molecule has 0 saturated carbocycles. The summed E-state index contributed by atoms with van der Waals surface area (Å²) in [7, 11) is -5.02. The first-order valence-electron chi connectivity index (χ1n) is 5.32. The predicted molar refractivity (Wildman–Crippen MR) is 68.7 cm³/mol. The maximum absolute atomic E-state index is 10.5. The van der Waals surface area contributed by atoms with Gasteiger partial charge in [-0.2, -0.15) is 8.42 Å². The minimum Gasteiger partial charge on any atom is -0.390 e. The number of cyclic esters (lactones) is 2. The molecule has 1 aromatic carbocycles. The molecule has 1 aliphatic heterocycles. The molecule has 1 fully saturated rings. The quantitative estimate of drug-likeness (QED) is 0.460. The lowest BCUT2D eigenvalue weighted by Gasteiger charge is -2.10. The smallest absolute Gasteiger partial charge is 0.365 e. The molecule has 1 saturated heterocycles. The van der Waals surface area contributed by atoms with Crippen molar-refractivity contribution < 1.29 is 32.4 Å². The Labute approximate surface area is 115 Å². The zero-order valence-electron chi connectivity index (χ0n) is 10.2. The molecule has 108 valence electrons. The van der Waals surface area contributed by atoms with E-state index in [1.165, 1.54) is 5.56 Å². The van der Waals surface area contributed by atoms with Gasteiger partial charge in [0.15, 0.2) is 0 Å². The predicted octanol–water partition coefficient (Wildman–Crippen LogP) is 0.366. The second-order valence-electron chi connectivity index (χ2n) is 3.81.